The number of benzene rings is 1. The minimum atomic E-state index is -0.365. The van der Waals surface area contributed by atoms with Crippen LogP contribution in [-0.2, 0) is 4.74 Å². The van der Waals surface area contributed by atoms with E-state index in [1.807, 2.05) is 30.5 Å². The summed E-state index contributed by atoms with van der Waals surface area (Å²) < 4.78 is 4.95. The number of hydrogen-bond donors (Lipinski definition) is 1. The van der Waals surface area contributed by atoms with Crippen LogP contribution < -0.4 is 0 Å². The van der Waals surface area contributed by atoms with Crippen molar-refractivity contribution >= 4 is 11.8 Å². The van der Waals surface area contributed by atoms with Gasteiger partial charge in [0.25, 0.3) is 0 Å². The molecule has 0 saturated heterocycles. The highest BCUT2D eigenvalue weighted by atomic mass is 32.2. The van der Waals surface area contributed by atoms with Crippen LogP contribution in [0.5, 0.6) is 0 Å². The van der Waals surface area contributed by atoms with Crippen molar-refractivity contribution in [3.63, 3.8) is 0 Å². The van der Waals surface area contributed by atoms with E-state index in [0.717, 1.165) is 18.4 Å². The second kappa shape index (κ2) is 6.88. The van der Waals surface area contributed by atoms with Crippen LogP contribution in [0, 0.1) is 0 Å². The van der Waals surface area contributed by atoms with Crippen LogP contribution in [0.3, 0.4) is 0 Å². The Bertz CT molecular complexity index is 271. The quantitative estimate of drug-likeness (QED) is 0.597. The lowest BCUT2D eigenvalue weighted by molar-refractivity contribution is 0.136. The molecule has 1 N–H and O–H groups in total. The van der Waals surface area contributed by atoms with Gasteiger partial charge in [0.2, 0.25) is 0 Å². The Kier molecular flexibility index (Phi) is 5.76. The molecule has 3 heteroatoms. The summed E-state index contributed by atoms with van der Waals surface area (Å²) in [4.78, 5) is 1.22. The molecule has 2 nitrogen and oxygen atoms in total. The molecule has 0 aliphatic rings. The maximum Gasteiger partial charge on any atom is 0.0790 e. The Morgan fingerprint density at radius 2 is 2.00 bits per heavy atom. The summed E-state index contributed by atoms with van der Waals surface area (Å²) in [7, 11) is 1.68. The van der Waals surface area contributed by atoms with Crippen LogP contribution in [0.15, 0.2) is 29.2 Å². The average Bonchev–Trinajstić information content (AvgIpc) is 2.29. The lowest BCUT2D eigenvalue weighted by Gasteiger charge is -2.10. The number of thioether (sulfide) groups is 1. The normalized spacial score (nSPS) is 12.7. The van der Waals surface area contributed by atoms with Gasteiger partial charge in [-0.2, -0.15) is 0 Å². The van der Waals surface area contributed by atoms with E-state index in [-0.39, 0.29) is 6.10 Å². The third kappa shape index (κ3) is 4.24. The molecule has 1 atom stereocenters. The van der Waals surface area contributed by atoms with Crippen LogP contribution >= 0.6 is 11.8 Å². The lowest BCUT2D eigenvalue weighted by Crippen LogP contribution is -1.99. The number of methoxy groups -OCH3 is 1. The first-order valence-electron chi connectivity index (χ1n) is 5.09. The Hall–Kier alpha value is -0.510. The molecule has 1 aromatic carbocycles. The van der Waals surface area contributed by atoms with E-state index < -0.39 is 0 Å². The zero-order valence-electron chi connectivity index (χ0n) is 9.27. The maximum absolute atomic E-state index is 9.85. The molecule has 1 unspecified atom stereocenters. The van der Waals surface area contributed by atoms with Crippen molar-refractivity contribution in [2.24, 2.45) is 0 Å². The number of aliphatic hydroxyl groups is 1. The first-order valence-corrected chi connectivity index (χ1v) is 6.31. The highest BCUT2D eigenvalue weighted by molar-refractivity contribution is 7.98. The molecule has 0 aliphatic carbocycles. The van der Waals surface area contributed by atoms with Gasteiger partial charge in [-0.15, -0.1) is 11.8 Å². The van der Waals surface area contributed by atoms with E-state index in [1.165, 1.54) is 4.90 Å². The van der Waals surface area contributed by atoms with Crippen molar-refractivity contribution in [1.29, 1.82) is 0 Å². The van der Waals surface area contributed by atoms with Crippen molar-refractivity contribution in [3.8, 4) is 0 Å². The molecule has 15 heavy (non-hydrogen) atoms. The van der Waals surface area contributed by atoms with Gasteiger partial charge in [0.05, 0.1) is 6.10 Å². The Balaban J connectivity index is 2.46. The van der Waals surface area contributed by atoms with Gasteiger partial charge in [-0.05, 0) is 36.8 Å². The number of rotatable bonds is 6. The van der Waals surface area contributed by atoms with E-state index in [4.69, 9.17) is 4.74 Å². The van der Waals surface area contributed by atoms with Crippen LogP contribution in [0.2, 0.25) is 0 Å². The Morgan fingerprint density at radius 1 is 1.33 bits per heavy atom. The van der Waals surface area contributed by atoms with E-state index in [1.54, 1.807) is 18.9 Å². The SMILES string of the molecule is COCCCC(O)c1ccc(SC)cc1. The smallest absolute Gasteiger partial charge is 0.0790 e. The predicted molar refractivity (Wildman–Crippen MR) is 64.3 cm³/mol. The van der Waals surface area contributed by atoms with Gasteiger partial charge in [0.1, 0.15) is 0 Å². The average molecular weight is 226 g/mol. The molecule has 0 fully saturated rings. The summed E-state index contributed by atoms with van der Waals surface area (Å²) in [5.74, 6) is 0. The minimum Gasteiger partial charge on any atom is -0.388 e. The fourth-order valence-corrected chi connectivity index (χ4v) is 1.82. The molecule has 0 heterocycles. The van der Waals surface area contributed by atoms with Gasteiger partial charge in [-0.1, -0.05) is 12.1 Å². The van der Waals surface area contributed by atoms with Crippen LogP contribution in [-0.4, -0.2) is 25.1 Å². The zero-order chi connectivity index (χ0) is 11.1. The molecular formula is C12H18O2S. The van der Waals surface area contributed by atoms with E-state index in [0.29, 0.717) is 6.61 Å². The molecule has 0 amide bonds. The summed E-state index contributed by atoms with van der Waals surface area (Å²) in [5, 5.41) is 9.85. The fourth-order valence-electron chi connectivity index (χ4n) is 1.41. The van der Waals surface area contributed by atoms with Gasteiger partial charge in [0.15, 0.2) is 0 Å². The van der Waals surface area contributed by atoms with Crippen molar-refractivity contribution in [1.82, 2.24) is 0 Å². The largest absolute Gasteiger partial charge is 0.388 e. The topological polar surface area (TPSA) is 29.5 Å². The number of aliphatic hydroxyl groups excluding tert-OH is 1. The zero-order valence-corrected chi connectivity index (χ0v) is 10.1. The predicted octanol–water partition coefficient (Wildman–Crippen LogP) is 2.87. The molecular weight excluding hydrogens is 208 g/mol. The maximum atomic E-state index is 9.85. The summed E-state index contributed by atoms with van der Waals surface area (Å²) >= 11 is 1.71. The summed E-state index contributed by atoms with van der Waals surface area (Å²) in [6, 6.07) is 8.06. The van der Waals surface area contributed by atoms with E-state index in [9.17, 15) is 5.11 Å². The molecule has 0 bridgehead atoms. The van der Waals surface area contributed by atoms with Gasteiger partial charge in [-0.3, -0.25) is 0 Å². The molecule has 0 radical (unpaired) electrons. The van der Waals surface area contributed by atoms with Gasteiger partial charge >= 0.3 is 0 Å². The first-order chi connectivity index (χ1) is 7.27. The second-order valence-electron chi connectivity index (χ2n) is 3.42. The number of ether oxygens (including phenoxy) is 1. The molecule has 0 aromatic heterocycles. The van der Waals surface area contributed by atoms with Crippen molar-refractivity contribution in [3.05, 3.63) is 29.8 Å². The summed E-state index contributed by atoms with van der Waals surface area (Å²) in [5.41, 5.74) is 0.990. The van der Waals surface area contributed by atoms with Gasteiger partial charge in [-0.25, -0.2) is 0 Å². The van der Waals surface area contributed by atoms with Crippen LogP contribution in [0.4, 0.5) is 0 Å². The molecule has 84 valence electrons. The van der Waals surface area contributed by atoms with Gasteiger partial charge < -0.3 is 9.84 Å². The molecule has 1 aromatic rings. The molecule has 0 saturated carbocycles. The standard InChI is InChI=1S/C12H18O2S/c1-14-9-3-4-12(13)10-5-7-11(15-2)8-6-10/h5-8,12-13H,3-4,9H2,1-2H3. The second-order valence-corrected chi connectivity index (χ2v) is 4.30. The fraction of sp³-hybridized carbons (Fsp3) is 0.500. The summed E-state index contributed by atoms with van der Waals surface area (Å²) in [6.45, 7) is 0.708. The third-order valence-corrected chi connectivity index (χ3v) is 3.07. The van der Waals surface area contributed by atoms with Crippen molar-refractivity contribution in [2.75, 3.05) is 20.0 Å². The van der Waals surface area contributed by atoms with E-state index in [2.05, 4.69) is 0 Å². The number of hydrogen-bond acceptors (Lipinski definition) is 3. The Morgan fingerprint density at radius 3 is 2.53 bits per heavy atom. The lowest BCUT2D eigenvalue weighted by atomic mass is 10.1. The monoisotopic (exact) mass is 226 g/mol. The highest BCUT2D eigenvalue weighted by Crippen LogP contribution is 2.21. The van der Waals surface area contributed by atoms with E-state index >= 15 is 0 Å². The first kappa shape index (κ1) is 12.6. The molecule has 1 rings (SSSR count). The molecule has 0 spiro atoms. The van der Waals surface area contributed by atoms with Gasteiger partial charge in [0, 0.05) is 18.6 Å². The van der Waals surface area contributed by atoms with Crippen molar-refractivity contribution < 1.29 is 9.84 Å². The van der Waals surface area contributed by atoms with Crippen LogP contribution in [0.1, 0.15) is 24.5 Å². The Labute approximate surface area is 95.7 Å². The molecule has 0 aliphatic heterocycles. The summed E-state index contributed by atoms with van der Waals surface area (Å²) in [6.07, 6.45) is 3.33. The van der Waals surface area contributed by atoms with Crippen LogP contribution in [0.25, 0.3) is 0 Å². The highest BCUT2D eigenvalue weighted by Gasteiger charge is 2.06. The van der Waals surface area contributed by atoms with Crippen molar-refractivity contribution in [2.45, 2.75) is 23.8 Å². The minimum absolute atomic E-state index is 0.365. The third-order valence-electron chi connectivity index (χ3n) is 2.33.